The van der Waals surface area contributed by atoms with Crippen LogP contribution in [-0.4, -0.2) is 91.2 Å². The fourth-order valence-electron chi connectivity index (χ4n) is 5.63. The van der Waals surface area contributed by atoms with Crippen molar-refractivity contribution in [1.82, 2.24) is 34.3 Å². The predicted octanol–water partition coefficient (Wildman–Crippen LogP) is 7.37. The Morgan fingerprint density at radius 2 is 1.18 bits per heavy atom. The van der Waals surface area contributed by atoms with Crippen LogP contribution in [-0.2, 0) is 20.0 Å². The molecule has 8 rings (SSSR count). The molecule has 2 radical (unpaired) electrons. The third-order valence-corrected chi connectivity index (χ3v) is 13.2. The van der Waals surface area contributed by atoms with Crippen molar-refractivity contribution in [2.45, 2.75) is 63.2 Å². The van der Waals surface area contributed by atoms with Gasteiger partial charge in [-0.1, -0.05) is 96.0 Å². The van der Waals surface area contributed by atoms with Gasteiger partial charge in [0.2, 0.25) is 21.8 Å². The summed E-state index contributed by atoms with van der Waals surface area (Å²) in [7, 11) is -3.83. The molecule has 2 saturated carbocycles. The minimum Gasteiger partial charge on any atom is -0.478 e. The maximum Gasteiger partial charge on any atom is 0.338 e. The van der Waals surface area contributed by atoms with Crippen LogP contribution in [0.2, 0.25) is 10.3 Å². The number of carbonyl (C=O) groups is 2. The molecule has 0 saturated heterocycles. The minimum absolute atomic E-state index is 0. The van der Waals surface area contributed by atoms with Crippen LogP contribution in [0.25, 0.3) is 11.6 Å². The van der Waals surface area contributed by atoms with Gasteiger partial charge in [-0.25, -0.2) is 50.8 Å². The number of alkyl halides is 1. The van der Waals surface area contributed by atoms with E-state index in [0.717, 1.165) is 12.8 Å². The van der Waals surface area contributed by atoms with Crippen molar-refractivity contribution >= 4 is 86.1 Å². The first-order chi connectivity index (χ1) is 32.1. The number of aromatic nitrogens is 6. The second kappa shape index (κ2) is 24.5. The smallest absolute Gasteiger partial charge is 0.338 e. The molecular formula is C43H48BCl2IN8O9S2U. The van der Waals surface area contributed by atoms with Gasteiger partial charge in [-0.05, 0) is 93.3 Å². The number of hydrogen-bond donors (Lipinski definition) is 3. The molecule has 354 valence electrons. The summed E-state index contributed by atoms with van der Waals surface area (Å²) in [4.78, 5) is 32.3. The molecule has 6 aromatic rings. The van der Waals surface area contributed by atoms with Gasteiger partial charge >= 0.3 is 5.97 Å². The van der Waals surface area contributed by atoms with Crippen LogP contribution in [0.1, 0.15) is 72.7 Å². The van der Waals surface area contributed by atoms with Gasteiger partial charge in [0.15, 0.2) is 11.6 Å². The summed E-state index contributed by atoms with van der Waals surface area (Å²) in [5.74, 6) is -0.176. The molecule has 0 atom stereocenters. The van der Waals surface area contributed by atoms with E-state index < -0.39 is 31.9 Å². The number of hydrogen-bond acceptors (Lipinski definition) is 12. The normalized spacial score (nSPS) is 14.0. The number of sulfonamides is 2. The molecule has 0 bridgehead atoms. The van der Waals surface area contributed by atoms with Crippen LogP contribution in [0, 0.1) is 55.8 Å². The number of rotatable bonds is 13. The average Bonchev–Trinajstić information content (AvgIpc) is 4.05. The van der Waals surface area contributed by atoms with Crippen molar-refractivity contribution in [2.24, 2.45) is 16.0 Å². The van der Waals surface area contributed by atoms with E-state index in [1.165, 1.54) is 52.5 Å². The molecule has 0 spiro atoms. The van der Waals surface area contributed by atoms with E-state index in [9.17, 15) is 26.4 Å². The number of carboxylic acids is 1. The van der Waals surface area contributed by atoms with Gasteiger partial charge in [-0.15, -0.1) is 10.2 Å². The first-order valence-corrected chi connectivity index (χ1v) is 24.9. The van der Waals surface area contributed by atoms with E-state index in [1.807, 2.05) is 27.3 Å². The molecule has 2 aliphatic carbocycles. The molecule has 0 aliphatic heterocycles. The zero-order valence-electron chi connectivity index (χ0n) is 38.7. The quantitative estimate of drug-likeness (QED) is 0.0444. The number of amides is 1. The number of carboxylic acid groups (broad SMARTS) is 1. The summed E-state index contributed by atoms with van der Waals surface area (Å²) in [6.45, 7) is 8.95. The van der Waals surface area contributed by atoms with Crippen LogP contribution in [0.3, 0.4) is 0 Å². The van der Waals surface area contributed by atoms with Gasteiger partial charge in [0, 0.05) is 76.2 Å². The average molecular weight is 1330 g/mol. The summed E-state index contributed by atoms with van der Waals surface area (Å²) in [5.41, 5.74) is 1.62. The van der Waals surface area contributed by atoms with Crippen LogP contribution < -0.4 is 19.3 Å². The van der Waals surface area contributed by atoms with Gasteiger partial charge < -0.3 is 14.6 Å². The largest absolute Gasteiger partial charge is 0.478 e. The number of ether oxygens (including phenoxy) is 2. The second-order valence-electron chi connectivity index (χ2n) is 15.7. The standard InChI is InChI=1S/C21H21ClN4O4S.C14H14ClN3O3.C7H9NO2S.CH3I.BH.U/c1-14-5-3-4-6-16(14)31(28,29)25-20(27)15-7-8-17(23-19(15)22)26-12-9-18(24-26)30-13-21(2)10-11-21;1-14(5-6-14)8-21-11-4-7-18(17-11)10-3-2-9(13(19)20)12(15)16-10;1-6-4-2-3-5-7(6)11(8,9)10;1-2;;/h3-9,12H,10-11,13H2,1-2H3,(H,25,27);2-4,7H,5-6,8H2,1H3,(H,19,20);2-5H,1H3,(H2,8,9,10);1H3;1H;/i;;;2*1D;. The van der Waals surface area contributed by atoms with Crippen molar-refractivity contribution in [1.29, 1.82) is 1.34 Å². The summed E-state index contributed by atoms with van der Waals surface area (Å²) < 4.78 is 74.6. The molecule has 4 aromatic heterocycles. The molecule has 2 aromatic carbocycles. The monoisotopic (exact) mass is 1330 g/mol. The topological polar surface area (TPSA) is 241 Å². The molecule has 17 nitrogen and oxygen atoms in total. The first kappa shape index (κ1) is 53.9. The number of aromatic carboxylic acids is 1. The van der Waals surface area contributed by atoms with Crippen molar-refractivity contribution in [3.63, 3.8) is 0 Å². The molecule has 2 aliphatic rings. The van der Waals surface area contributed by atoms with Crippen molar-refractivity contribution < 1.29 is 73.5 Å². The fraction of sp³-hybridized carbons (Fsp3) is 0.302. The van der Waals surface area contributed by atoms with Crippen LogP contribution in [0.5, 0.6) is 11.8 Å². The van der Waals surface area contributed by atoms with Crippen LogP contribution in [0.15, 0.2) is 107 Å². The number of nitrogens with two attached hydrogens (primary N) is 1. The predicted molar refractivity (Wildman–Crippen MR) is 261 cm³/mol. The molecule has 67 heavy (non-hydrogen) atoms. The Balaban J connectivity index is 0.000000286. The van der Waals surface area contributed by atoms with E-state index in [4.69, 9.17) is 45.6 Å². The molecule has 4 heterocycles. The number of halogens is 3. The molecule has 0 unspecified atom stereocenters. The van der Waals surface area contributed by atoms with Crippen molar-refractivity contribution in [3.8, 4) is 23.4 Å². The summed E-state index contributed by atoms with van der Waals surface area (Å²) in [6.07, 6.45) is 8.03. The summed E-state index contributed by atoms with van der Waals surface area (Å²) in [6, 6.07) is 22.3. The maximum atomic E-state index is 12.6. The number of nitrogens with one attached hydrogen (secondary N) is 1. The zero-order valence-corrected chi connectivity index (χ0v) is 46.2. The minimum atomic E-state index is -4.05. The Bertz CT molecular complexity index is 2930. The van der Waals surface area contributed by atoms with E-state index in [2.05, 4.69) is 42.4 Å². The Kier molecular flexibility index (Phi) is 19.7. The van der Waals surface area contributed by atoms with Gasteiger partial charge in [0.25, 0.3) is 15.9 Å². The number of primary sulfonamides is 1. The van der Waals surface area contributed by atoms with Crippen LogP contribution in [0.4, 0.5) is 0 Å². The Labute approximate surface area is 441 Å². The zero-order chi connectivity index (χ0) is 50.5. The van der Waals surface area contributed by atoms with E-state index in [1.54, 1.807) is 80.8 Å². The van der Waals surface area contributed by atoms with Crippen LogP contribution >= 0.6 is 45.8 Å². The van der Waals surface area contributed by atoms with Gasteiger partial charge in [-0.3, -0.25) is 4.79 Å². The van der Waals surface area contributed by atoms with E-state index >= 15 is 0 Å². The number of benzene rings is 2. The molecule has 2 fully saturated rings. The van der Waals surface area contributed by atoms with E-state index in [-0.39, 0.29) is 73.2 Å². The molecule has 24 heteroatoms. The Morgan fingerprint density at radius 3 is 1.54 bits per heavy atom. The fourth-order valence-corrected chi connectivity index (χ4v) is 8.10. The van der Waals surface area contributed by atoms with Gasteiger partial charge in [0.1, 0.15) is 10.3 Å². The first-order valence-electron chi connectivity index (χ1n) is 20.9. The SMILES string of the molecule is CC1(COc2ccn(-c3ccc(C(=O)O)c(Cl)n3)n2)CC1.Cc1ccccc1S(=O)(=O)NC(=O)c1ccc(-n2ccc(OCC3(C)CC3)n2)nc1Cl.Cc1ccccc1S(N)(=O)=O.[2H]CI.[2H][B].[U]. The summed E-state index contributed by atoms with van der Waals surface area (Å²) >= 11 is 14.0. The Hall–Kier alpha value is -4.01. The molecule has 1 amide bonds. The Morgan fingerprint density at radius 1 is 0.776 bits per heavy atom. The van der Waals surface area contributed by atoms with Gasteiger partial charge in [0.05, 0.1) is 34.1 Å². The second-order valence-corrected chi connectivity index (χ2v) is 19.6. The van der Waals surface area contributed by atoms with E-state index in [0.29, 0.717) is 52.6 Å². The number of aryl methyl sites for hydroxylation is 2. The number of nitrogens with zero attached hydrogens (tertiary/aromatic N) is 6. The third-order valence-electron chi connectivity index (χ3n) is 10.1. The maximum absolute atomic E-state index is 12.6. The van der Waals surface area contributed by atoms with Crippen molar-refractivity contribution in [3.05, 3.63) is 130 Å². The number of pyridine rings is 2. The third kappa shape index (κ3) is 16.3. The van der Waals surface area contributed by atoms with Crippen molar-refractivity contribution in [2.75, 3.05) is 18.1 Å². The summed E-state index contributed by atoms with van der Waals surface area (Å²) in [5, 5.41) is 22.2. The number of carbonyl (C=O) groups excluding carboxylic acids is 1. The molecular weight excluding hydrogens is 1280 g/mol. The molecule has 4 N–H and O–H groups in total. The van der Waals surface area contributed by atoms with Gasteiger partial charge in [-0.2, -0.15) is 0 Å².